The van der Waals surface area contributed by atoms with Crippen LogP contribution in [0.2, 0.25) is 0 Å². The second kappa shape index (κ2) is 4.35. The molecule has 4 nitrogen and oxygen atoms in total. The molecule has 0 bridgehead atoms. The third kappa shape index (κ3) is 2.66. The van der Waals surface area contributed by atoms with Gasteiger partial charge in [0.15, 0.2) is 5.84 Å². The molecule has 13 heavy (non-hydrogen) atoms. The first-order valence-corrected chi connectivity index (χ1v) is 4.03. The van der Waals surface area contributed by atoms with E-state index in [-0.39, 0.29) is 11.9 Å². The van der Waals surface area contributed by atoms with Crippen LogP contribution >= 0.6 is 0 Å². The number of hydrogen-bond acceptors (Lipinski definition) is 3. The molecule has 1 aromatic rings. The fourth-order valence-corrected chi connectivity index (χ4v) is 0.945. The fraction of sp³-hybridized carbons (Fsp3) is 0.222. The Kier molecular flexibility index (Phi) is 3.14. The molecule has 1 atom stereocenters. The molecule has 0 heterocycles. The minimum Gasteiger partial charge on any atom is -0.409 e. The maximum absolute atomic E-state index is 8.41. The third-order valence-corrected chi connectivity index (χ3v) is 1.72. The molecule has 4 N–H and O–H groups in total. The van der Waals surface area contributed by atoms with Gasteiger partial charge in [-0.25, -0.2) is 0 Å². The van der Waals surface area contributed by atoms with Gasteiger partial charge in [-0.15, -0.1) is 0 Å². The molecule has 1 aromatic carbocycles. The van der Waals surface area contributed by atoms with Crippen molar-refractivity contribution in [1.82, 2.24) is 0 Å². The van der Waals surface area contributed by atoms with Gasteiger partial charge < -0.3 is 16.3 Å². The molecule has 0 saturated heterocycles. The Hall–Kier alpha value is -1.71. The summed E-state index contributed by atoms with van der Waals surface area (Å²) in [5.41, 5.74) is 6.35. The van der Waals surface area contributed by atoms with Crippen molar-refractivity contribution in [2.24, 2.45) is 10.9 Å². The van der Waals surface area contributed by atoms with Crippen LogP contribution in [-0.2, 0) is 0 Å². The quantitative estimate of drug-likeness (QED) is 0.283. The number of anilines is 1. The highest BCUT2D eigenvalue weighted by atomic mass is 16.4. The Morgan fingerprint density at radius 2 is 2.08 bits per heavy atom. The van der Waals surface area contributed by atoms with Crippen LogP contribution in [0.15, 0.2) is 35.5 Å². The van der Waals surface area contributed by atoms with E-state index < -0.39 is 0 Å². The van der Waals surface area contributed by atoms with E-state index in [0.29, 0.717) is 0 Å². The van der Waals surface area contributed by atoms with Crippen LogP contribution in [0.25, 0.3) is 0 Å². The largest absolute Gasteiger partial charge is 0.409 e. The average Bonchev–Trinajstić information content (AvgIpc) is 2.18. The highest BCUT2D eigenvalue weighted by molar-refractivity contribution is 5.87. The molecule has 1 unspecified atom stereocenters. The molecule has 0 fully saturated rings. The predicted octanol–water partition coefficient (Wildman–Crippen LogP) is 1.23. The zero-order valence-corrected chi connectivity index (χ0v) is 7.44. The van der Waals surface area contributed by atoms with Gasteiger partial charge in [-0.1, -0.05) is 23.4 Å². The topological polar surface area (TPSA) is 70.6 Å². The summed E-state index contributed by atoms with van der Waals surface area (Å²) in [5, 5.41) is 14.4. The number of benzene rings is 1. The van der Waals surface area contributed by atoms with Crippen LogP contribution in [0.1, 0.15) is 6.92 Å². The van der Waals surface area contributed by atoms with Crippen molar-refractivity contribution in [2.45, 2.75) is 13.0 Å². The second-order valence-corrected chi connectivity index (χ2v) is 2.76. The number of nitrogens with zero attached hydrogens (tertiary/aromatic N) is 1. The normalized spacial score (nSPS) is 13.8. The lowest BCUT2D eigenvalue weighted by Crippen LogP contribution is -2.32. The zero-order valence-electron chi connectivity index (χ0n) is 7.44. The Morgan fingerprint density at radius 1 is 1.46 bits per heavy atom. The first kappa shape index (κ1) is 9.38. The van der Waals surface area contributed by atoms with Gasteiger partial charge in [-0.3, -0.25) is 0 Å². The predicted molar refractivity (Wildman–Crippen MR) is 52.9 cm³/mol. The van der Waals surface area contributed by atoms with Gasteiger partial charge in [0.1, 0.15) is 0 Å². The maximum Gasteiger partial charge on any atom is 0.161 e. The van der Waals surface area contributed by atoms with E-state index in [1.165, 1.54) is 0 Å². The number of rotatable bonds is 3. The number of oxime groups is 1. The molecule has 1 rings (SSSR count). The minimum atomic E-state index is -0.174. The van der Waals surface area contributed by atoms with Gasteiger partial charge >= 0.3 is 0 Å². The highest BCUT2D eigenvalue weighted by Gasteiger charge is 2.05. The van der Waals surface area contributed by atoms with Gasteiger partial charge in [0, 0.05) is 5.69 Å². The Morgan fingerprint density at radius 3 is 2.62 bits per heavy atom. The monoisotopic (exact) mass is 179 g/mol. The van der Waals surface area contributed by atoms with Crippen LogP contribution in [0.5, 0.6) is 0 Å². The summed E-state index contributed by atoms with van der Waals surface area (Å²) in [7, 11) is 0. The smallest absolute Gasteiger partial charge is 0.161 e. The van der Waals surface area contributed by atoms with Crippen molar-refractivity contribution in [2.75, 3.05) is 5.32 Å². The molecule has 0 aliphatic carbocycles. The van der Waals surface area contributed by atoms with Gasteiger partial charge in [-0.2, -0.15) is 0 Å². The molecule has 0 amide bonds. The Labute approximate surface area is 77.1 Å². The summed E-state index contributed by atoms with van der Waals surface area (Å²) in [4.78, 5) is 0. The molecule has 4 heteroatoms. The van der Waals surface area contributed by atoms with Gasteiger partial charge in [0.05, 0.1) is 6.04 Å². The summed E-state index contributed by atoms with van der Waals surface area (Å²) in [6, 6.07) is 9.43. The van der Waals surface area contributed by atoms with Crippen molar-refractivity contribution in [1.29, 1.82) is 0 Å². The van der Waals surface area contributed by atoms with Crippen molar-refractivity contribution in [3.8, 4) is 0 Å². The lowest BCUT2D eigenvalue weighted by Gasteiger charge is -2.12. The fourth-order valence-electron chi connectivity index (χ4n) is 0.945. The van der Waals surface area contributed by atoms with E-state index in [1.807, 2.05) is 37.3 Å². The zero-order chi connectivity index (χ0) is 9.68. The van der Waals surface area contributed by atoms with Crippen LogP contribution in [0.4, 0.5) is 5.69 Å². The van der Waals surface area contributed by atoms with Gasteiger partial charge in [0.2, 0.25) is 0 Å². The van der Waals surface area contributed by atoms with Gasteiger partial charge in [0.25, 0.3) is 0 Å². The summed E-state index contributed by atoms with van der Waals surface area (Å²) >= 11 is 0. The van der Waals surface area contributed by atoms with Crippen LogP contribution in [0, 0.1) is 0 Å². The minimum absolute atomic E-state index is 0.170. The number of para-hydroxylation sites is 1. The standard InChI is InChI=1S/C9H13N3O/c1-7(9(10)12-13)11-8-5-3-2-4-6-8/h2-7,11,13H,1H3,(H2,10,12). The van der Waals surface area contributed by atoms with Crippen molar-refractivity contribution in [3.63, 3.8) is 0 Å². The molecule has 0 radical (unpaired) electrons. The molecule has 0 saturated carbocycles. The molecule has 0 aliphatic heterocycles. The average molecular weight is 179 g/mol. The maximum atomic E-state index is 8.41. The van der Waals surface area contributed by atoms with E-state index in [0.717, 1.165) is 5.69 Å². The van der Waals surface area contributed by atoms with E-state index in [2.05, 4.69) is 10.5 Å². The first-order chi connectivity index (χ1) is 6.24. The van der Waals surface area contributed by atoms with Crippen LogP contribution < -0.4 is 11.1 Å². The van der Waals surface area contributed by atoms with E-state index in [1.54, 1.807) is 0 Å². The summed E-state index contributed by atoms with van der Waals surface area (Å²) < 4.78 is 0. The van der Waals surface area contributed by atoms with Crippen molar-refractivity contribution in [3.05, 3.63) is 30.3 Å². The van der Waals surface area contributed by atoms with Crippen LogP contribution in [0.3, 0.4) is 0 Å². The summed E-state index contributed by atoms with van der Waals surface area (Å²) in [6.07, 6.45) is 0. The van der Waals surface area contributed by atoms with Crippen LogP contribution in [-0.4, -0.2) is 17.1 Å². The van der Waals surface area contributed by atoms with Crippen molar-refractivity contribution >= 4 is 11.5 Å². The third-order valence-electron chi connectivity index (χ3n) is 1.72. The first-order valence-electron chi connectivity index (χ1n) is 4.03. The highest BCUT2D eigenvalue weighted by Crippen LogP contribution is 2.06. The summed E-state index contributed by atoms with van der Waals surface area (Å²) in [6.45, 7) is 1.82. The van der Waals surface area contributed by atoms with Gasteiger partial charge in [-0.05, 0) is 19.1 Å². The van der Waals surface area contributed by atoms with E-state index in [4.69, 9.17) is 10.9 Å². The number of hydrogen-bond donors (Lipinski definition) is 3. The van der Waals surface area contributed by atoms with E-state index >= 15 is 0 Å². The second-order valence-electron chi connectivity index (χ2n) is 2.76. The molecular formula is C9H13N3O. The summed E-state index contributed by atoms with van der Waals surface area (Å²) in [5.74, 6) is 0.170. The molecule has 0 spiro atoms. The molecule has 0 aromatic heterocycles. The van der Waals surface area contributed by atoms with Crippen molar-refractivity contribution < 1.29 is 5.21 Å². The SMILES string of the molecule is CC(Nc1ccccc1)/C(N)=N/O. The Bertz CT molecular complexity index is 284. The Balaban J connectivity index is 2.60. The molecule has 0 aliphatic rings. The van der Waals surface area contributed by atoms with E-state index in [9.17, 15) is 0 Å². The lowest BCUT2D eigenvalue weighted by molar-refractivity contribution is 0.316. The number of nitrogens with one attached hydrogen (secondary N) is 1. The molecule has 70 valence electrons. The number of nitrogens with two attached hydrogens (primary N) is 1. The number of amidine groups is 1. The molecular weight excluding hydrogens is 166 g/mol. The lowest BCUT2D eigenvalue weighted by atomic mass is 10.2.